The van der Waals surface area contributed by atoms with Crippen molar-refractivity contribution in [1.29, 1.82) is 0 Å². The Kier molecular flexibility index (Phi) is 5.34. The predicted octanol–water partition coefficient (Wildman–Crippen LogP) is 2.65. The van der Waals surface area contributed by atoms with Crippen LogP contribution in [0.5, 0.6) is 5.88 Å². The van der Waals surface area contributed by atoms with Crippen LogP contribution in [0, 0.1) is 13.8 Å². The van der Waals surface area contributed by atoms with E-state index in [-0.39, 0.29) is 6.10 Å². The molecular formula is C16H21ClN4O2S. The average molecular weight is 369 g/mol. The third-order valence-electron chi connectivity index (χ3n) is 4.24. The van der Waals surface area contributed by atoms with E-state index in [1.165, 1.54) is 0 Å². The number of aryl methyl sites for hydroxylation is 2. The zero-order valence-electron chi connectivity index (χ0n) is 14.0. The monoisotopic (exact) mass is 368 g/mol. The fourth-order valence-electron chi connectivity index (χ4n) is 2.85. The molecule has 8 heteroatoms. The Morgan fingerprint density at radius 3 is 2.54 bits per heavy atom. The number of pyridine rings is 1. The van der Waals surface area contributed by atoms with Gasteiger partial charge in [0.2, 0.25) is 10.8 Å². The van der Waals surface area contributed by atoms with E-state index in [4.69, 9.17) is 16.3 Å². The van der Waals surface area contributed by atoms with Gasteiger partial charge in [-0.25, -0.2) is 4.98 Å². The summed E-state index contributed by atoms with van der Waals surface area (Å²) in [7, 11) is 1.88. The van der Waals surface area contributed by atoms with Crippen molar-refractivity contribution >= 4 is 23.0 Å². The first-order valence-electron chi connectivity index (χ1n) is 7.91. The van der Waals surface area contributed by atoms with E-state index >= 15 is 0 Å². The van der Waals surface area contributed by atoms with Gasteiger partial charge in [0.15, 0.2) is 0 Å². The van der Waals surface area contributed by atoms with Crippen LogP contribution >= 0.6 is 11.6 Å². The molecule has 1 aliphatic heterocycles. The maximum Gasteiger partial charge on any atom is 0.217 e. The van der Waals surface area contributed by atoms with Crippen molar-refractivity contribution in [2.24, 2.45) is 7.05 Å². The van der Waals surface area contributed by atoms with Gasteiger partial charge < -0.3 is 9.29 Å². The van der Waals surface area contributed by atoms with Crippen molar-refractivity contribution in [2.75, 3.05) is 13.1 Å². The molecule has 0 bridgehead atoms. The van der Waals surface area contributed by atoms with Crippen LogP contribution in [0.2, 0.25) is 5.02 Å². The van der Waals surface area contributed by atoms with Gasteiger partial charge in [0.25, 0.3) is 0 Å². The number of hydrogen-bond donors (Lipinski definition) is 0. The molecule has 0 aliphatic carbocycles. The predicted molar refractivity (Wildman–Crippen MR) is 93.6 cm³/mol. The minimum absolute atomic E-state index is 0.0861. The lowest BCUT2D eigenvalue weighted by atomic mass is 10.1. The Labute approximate surface area is 150 Å². The van der Waals surface area contributed by atoms with Crippen molar-refractivity contribution in [2.45, 2.75) is 37.7 Å². The van der Waals surface area contributed by atoms with Crippen molar-refractivity contribution in [3.63, 3.8) is 0 Å². The lowest BCUT2D eigenvalue weighted by Crippen LogP contribution is -2.42. The fraction of sp³-hybridized carbons (Fsp3) is 0.500. The molecule has 1 aliphatic rings. The molecule has 0 saturated carbocycles. The number of rotatable bonds is 4. The highest BCUT2D eigenvalue weighted by molar-refractivity contribution is 7.89. The third-order valence-corrected chi connectivity index (χ3v) is 6.24. The summed E-state index contributed by atoms with van der Waals surface area (Å²) in [6.07, 6.45) is 3.29. The van der Waals surface area contributed by atoms with Crippen LogP contribution in [0.3, 0.4) is 0 Å². The van der Waals surface area contributed by atoms with E-state index in [2.05, 4.69) is 10.1 Å². The number of ether oxygens (including phenoxy) is 1. The SMILES string of the molecule is Cc1nn(C)c(C)c1[S+]([O-])N1CCC(Oc2ccc(Cl)cn2)CC1. The second-order valence-corrected chi connectivity index (χ2v) is 7.79. The molecule has 0 N–H and O–H groups in total. The Morgan fingerprint density at radius 2 is 2.00 bits per heavy atom. The largest absolute Gasteiger partial charge is 0.593 e. The van der Waals surface area contributed by atoms with Gasteiger partial charge >= 0.3 is 0 Å². The Bertz CT molecular complexity index is 699. The van der Waals surface area contributed by atoms with E-state index < -0.39 is 11.4 Å². The molecule has 3 rings (SSSR count). The molecule has 24 heavy (non-hydrogen) atoms. The van der Waals surface area contributed by atoms with E-state index in [1.807, 2.05) is 25.2 Å². The van der Waals surface area contributed by atoms with Crippen molar-refractivity contribution < 1.29 is 9.29 Å². The van der Waals surface area contributed by atoms with Crippen LogP contribution in [0.4, 0.5) is 0 Å². The molecule has 0 radical (unpaired) electrons. The first-order valence-corrected chi connectivity index (χ1v) is 9.39. The normalized spacial score (nSPS) is 17.9. The van der Waals surface area contributed by atoms with E-state index in [0.717, 1.165) is 42.2 Å². The lowest BCUT2D eigenvalue weighted by molar-refractivity contribution is 0.130. The summed E-state index contributed by atoms with van der Waals surface area (Å²) in [6.45, 7) is 5.30. The summed E-state index contributed by atoms with van der Waals surface area (Å²) < 4.78 is 22.5. The van der Waals surface area contributed by atoms with Crippen molar-refractivity contribution in [1.82, 2.24) is 19.1 Å². The highest BCUT2D eigenvalue weighted by Crippen LogP contribution is 2.27. The third kappa shape index (κ3) is 3.69. The van der Waals surface area contributed by atoms with Crippen LogP contribution in [-0.2, 0) is 18.4 Å². The molecule has 2 aromatic rings. The molecule has 2 aromatic heterocycles. The molecule has 3 heterocycles. The van der Waals surface area contributed by atoms with Crippen molar-refractivity contribution in [3.05, 3.63) is 34.7 Å². The summed E-state index contributed by atoms with van der Waals surface area (Å²) >= 11 is 4.65. The van der Waals surface area contributed by atoms with Gasteiger partial charge in [-0.1, -0.05) is 11.6 Å². The summed E-state index contributed by atoms with van der Waals surface area (Å²) in [5, 5.41) is 4.95. The van der Waals surface area contributed by atoms with Gasteiger partial charge in [-0.05, 0) is 19.9 Å². The molecular weight excluding hydrogens is 348 g/mol. The Morgan fingerprint density at radius 1 is 1.29 bits per heavy atom. The van der Waals surface area contributed by atoms with Crippen LogP contribution in [-0.4, -0.2) is 42.8 Å². The topological polar surface area (TPSA) is 66.2 Å². The molecule has 6 nitrogen and oxygen atoms in total. The van der Waals surface area contributed by atoms with Crippen molar-refractivity contribution in [3.8, 4) is 5.88 Å². The van der Waals surface area contributed by atoms with Gasteiger partial charge in [-0.15, -0.1) is 4.31 Å². The second-order valence-electron chi connectivity index (χ2n) is 5.93. The number of aromatic nitrogens is 3. The summed E-state index contributed by atoms with van der Waals surface area (Å²) in [5.74, 6) is 0.581. The number of hydrogen-bond acceptors (Lipinski definition) is 5. The molecule has 130 valence electrons. The zero-order chi connectivity index (χ0) is 17.3. The summed E-state index contributed by atoms with van der Waals surface area (Å²) in [6, 6.07) is 3.54. The van der Waals surface area contributed by atoms with Gasteiger partial charge in [0.05, 0.1) is 22.1 Å². The van der Waals surface area contributed by atoms with Crippen LogP contribution in [0.25, 0.3) is 0 Å². The first kappa shape index (κ1) is 17.5. The molecule has 1 unspecified atom stereocenters. The maximum atomic E-state index is 12.9. The molecule has 1 fully saturated rings. The van der Waals surface area contributed by atoms with Gasteiger partial charge in [-0.3, -0.25) is 4.68 Å². The fourth-order valence-corrected chi connectivity index (χ4v) is 4.45. The summed E-state index contributed by atoms with van der Waals surface area (Å²) in [5.41, 5.74) is 1.78. The van der Waals surface area contributed by atoms with Gasteiger partial charge in [0, 0.05) is 45.2 Å². The average Bonchev–Trinajstić information content (AvgIpc) is 2.82. The standard InChI is InChI=1S/C16H21ClN4O2S/c1-11-16(12(2)20(3)19-11)24(22)21-8-6-14(7-9-21)23-15-5-4-13(17)10-18-15/h4-5,10,14H,6-9H2,1-3H3. The zero-order valence-corrected chi connectivity index (χ0v) is 15.6. The molecule has 1 saturated heterocycles. The lowest BCUT2D eigenvalue weighted by Gasteiger charge is -2.31. The van der Waals surface area contributed by atoms with E-state index in [0.29, 0.717) is 10.9 Å². The van der Waals surface area contributed by atoms with Gasteiger partial charge in [0.1, 0.15) is 11.8 Å². The molecule has 1 atom stereocenters. The molecule has 0 spiro atoms. The van der Waals surface area contributed by atoms with E-state index in [1.54, 1.807) is 23.0 Å². The minimum atomic E-state index is -1.18. The van der Waals surface area contributed by atoms with Crippen LogP contribution < -0.4 is 4.74 Å². The smallest absolute Gasteiger partial charge is 0.217 e. The van der Waals surface area contributed by atoms with Crippen LogP contribution in [0.15, 0.2) is 23.2 Å². The van der Waals surface area contributed by atoms with E-state index in [9.17, 15) is 4.55 Å². The highest BCUT2D eigenvalue weighted by Gasteiger charge is 2.33. The minimum Gasteiger partial charge on any atom is -0.593 e. The summed E-state index contributed by atoms with van der Waals surface area (Å²) in [4.78, 5) is 4.99. The first-order chi connectivity index (χ1) is 11.5. The Hall–Kier alpha value is -1.28. The number of piperidine rings is 1. The second kappa shape index (κ2) is 7.31. The number of halogens is 1. The quantitative estimate of drug-likeness (QED) is 0.776. The maximum absolute atomic E-state index is 12.9. The van der Waals surface area contributed by atoms with Gasteiger partial charge in [-0.2, -0.15) is 5.10 Å². The molecule has 0 aromatic carbocycles. The molecule has 0 amide bonds. The Balaban J connectivity index is 1.59. The number of nitrogens with zero attached hydrogens (tertiary/aromatic N) is 4. The van der Waals surface area contributed by atoms with Crippen LogP contribution in [0.1, 0.15) is 24.2 Å². The highest BCUT2D eigenvalue weighted by atomic mass is 35.5.